The highest BCUT2D eigenvalue weighted by Gasteiger charge is 2.29. The Labute approximate surface area is 122 Å². The molecule has 2 rings (SSSR count). The minimum absolute atomic E-state index is 0.0106. The van der Waals surface area contributed by atoms with Gasteiger partial charge in [0.05, 0.1) is 13.1 Å². The second-order valence-corrected chi connectivity index (χ2v) is 5.84. The first-order valence-corrected chi connectivity index (χ1v) is 7.69. The van der Waals surface area contributed by atoms with Crippen LogP contribution in [-0.4, -0.2) is 52.8 Å². The standard InChI is InChI=1S/C13H20N4O2S/c1-3-5-16-8-12(19)17(9-11(16)18)7-10-6-15-13(20-10)14-4-2/h6H,3-5,7-9H2,1-2H3,(H,14,15). The summed E-state index contributed by atoms with van der Waals surface area (Å²) in [6.07, 6.45) is 2.64. The SMILES string of the molecule is CCCN1CC(=O)N(Cc2cnc(NCC)s2)CC1=O. The van der Waals surface area contributed by atoms with Crippen LogP contribution in [-0.2, 0) is 16.1 Å². The second kappa shape index (κ2) is 6.69. The van der Waals surface area contributed by atoms with Crippen molar-refractivity contribution in [1.29, 1.82) is 0 Å². The fraction of sp³-hybridized carbons (Fsp3) is 0.615. The number of amides is 2. The van der Waals surface area contributed by atoms with Gasteiger partial charge in [0.1, 0.15) is 6.54 Å². The average molecular weight is 296 g/mol. The quantitative estimate of drug-likeness (QED) is 0.855. The van der Waals surface area contributed by atoms with Gasteiger partial charge in [-0.2, -0.15) is 0 Å². The molecule has 2 amide bonds. The first kappa shape index (κ1) is 14.8. The number of aromatic nitrogens is 1. The lowest BCUT2D eigenvalue weighted by Crippen LogP contribution is -2.53. The maximum absolute atomic E-state index is 12.1. The number of nitrogens with zero attached hydrogens (tertiary/aromatic N) is 3. The summed E-state index contributed by atoms with van der Waals surface area (Å²) in [6, 6.07) is 0. The minimum Gasteiger partial charge on any atom is -0.362 e. The number of nitrogens with one attached hydrogen (secondary N) is 1. The molecule has 1 aliphatic heterocycles. The van der Waals surface area contributed by atoms with Gasteiger partial charge in [0.2, 0.25) is 11.8 Å². The molecule has 0 bridgehead atoms. The lowest BCUT2D eigenvalue weighted by atomic mass is 10.2. The molecule has 0 spiro atoms. The van der Waals surface area contributed by atoms with Crippen LogP contribution in [0.5, 0.6) is 0 Å². The van der Waals surface area contributed by atoms with Crippen molar-refractivity contribution in [3.05, 3.63) is 11.1 Å². The van der Waals surface area contributed by atoms with Gasteiger partial charge in [-0.3, -0.25) is 9.59 Å². The molecule has 0 atom stereocenters. The Hall–Kier alpha value is -1.63. The van der Waals surface area contributed by atoms with Crippen LogP contribution in [0.3, 0.4) is 0 Å². The van der Waals surface area contributed by atoms with E-state index in [1.807, 2.05) is 13.8 Å². The first-order valence-electron chi connectivity index (χ1n) is 6.88. The minimum atomic E-state index is 0.0106. The molecule has 1 aliphatic rings. The summed E-state index contributed by atoms with van der Waals surface area (Å²) in [5, 5.41) is 3.99. The molecule has 2 heterocycles. The average Bonchev–Trinajstić information content (AvgIpc) is 2.84. The van der Waals surface area contributed by atoms with E-state index in [-0.39, 0.29) is 24.9 Å². The summed E-state index contributed by atoms with van der Waals surface area (Å²) in [7, 11) is 0. The Bertz CT molecular complexity index is 488. The van der Waals surface area contributed by atoms with E-state index >= 15 is 0 Å². The first-order chi connectivity index (χ1) is 9.63. The molecular weight excluding hydrogens is 276 g/mol. The molecule has 0 aromatic carbocycles. The van der Waals surface area contributed by atoms with E-state index in [1.54, 1.807) is 16.0 Å². The maximum atomic E-state index is 12.1. The van der Waals surface area contributed by atoms with Gasteiger partial charge in [0.25, 0.3) is 0 Å². The zero-order valence-corrected chi connectivity index (χ0v) is 12.7. The van der Waals surface area contributed by atoms with Crippen molar-refractivity contribution < 1.29 is 9.59 Å². The molecule has 1 aromatic heterocycles. The van der Waals surface area contributed by atoms with E-state index in [9.17, 15) is 9.59 Å². The third-order valence-electron chi connectivity index (χ3n) is 3.08. The Morgan fingerprint density at radius 2 is 1.95 bits per heavy atom. The third kappa shape index (κ3) is 3.47. The van der Waals surface area contributed by atoms with Crippen LogP contribution in [0, 0.1) is 0 Å². The number of thiazole rings is 1. The molecule has 0 saturated carbocycles. The molecule has 1 fully saturated rings. The predicted molar refractivity (Wildman–Crippen MR) is 78.6 cm³/mol. The molecule has 6 nitrogen and oxygen atoms in total. The number of carbonyl (C=O) groups excluding carboxylic acids is 2. The molecule has 110 valence electrons. The molecule has 1 saturated heterocycles. The van der Waals surface area contributed by atoms with E-state index < -0.39 is 0 Å². The molecule has 0 radical (unpaired) electrons. The number of rotatable bonds is 6. The van der Waals surface area contributed by atoms with Crippen LogP contribution >= 0.6 is 11.3 Å². The molecule has 1 aromatic rings. The summed E-state index contributed by atoms with van der Waals surface area (Å²) in [4.78, 5) is 32.5. The van der Waals surface area contributed by atoms with Crippen molar-refractivity contribution in [2.75, 3.05) is 31.5 Å². The lowest BCUT2D eigenvalue weighted by molar-refractivity contribution is -0.150. The Morgan fingerprint density at radius 1 is 1.25 bits per heavy atom. The summed E-state index contributed by atoms with van der Waals surface area (Å²) < 4.78 is 0. The van der Waals surface area contributed by atoms with Gasteiger partial charge in [0, 0.05) is 24.2 Å². The van der Waals surface area contributed by atoms with Crippen LogP contribution < -0.4 is 5.32 Å². The van der Waals surface area contributed by atoms with Gasteiger partial charge in [-0.05, 0) is 13.3 Å². The Kier molecular flexibility index (Phi) is 4.94. The highest BCUT2D eigenvalue weighted by Crippen LogP contribution is 2.20. The summed E-state index contributed by atoms with van der Waals surface area (Å²) >= 11 is 1.52. The van der Waals surface area contributed by atoms with E-state index in [2.05, 4.69) is 10.3 Å². The molecule has 20 heavy (non-hydrogen) atoms. The fourth-order valence-electron chi connectivity index (χ4n) is 2.12. The zero-order chi connectivity index (χ0) is 14.5. The van der Waals surface area contributed by atoms with Gasteiger partial charge in [-0.15, -0.1) is 11.3 Å². The highest BCUT2D eigenvalue weighted by atomic mass is 32.1. The number of anilines is 1. The van der Waals surface area contributed by atoms with E-state index in [0.29, 0.717) is 13.1 Å². The number of hydrogen-bond donors (Lipinski definition) is 1. The van der Waals surface area contributed by atoms with E-state index in [0.717, 1.165) is 23.0 Å². The fourth-order valence-corrected chi connectivity index (χ4v) is 3.02. The van der Waals surface area contributed by atoms with Crippen LogP contribution in [0.4, 0.5) is 5.13 Å². The van der Waals surface area contributed by atoms with Gasteiger partial charge in [-0.25, -0.2) is 4.98 Å². The number of piperazine rings is 1. The van der Waals surface area contributed by atoms with Crippen molar-refractivity contribution in [3.63, 3.8) is 0 Å². The summed E-state index contributed by atoms with van der Waals surface area (Å²) in [6.45, 7) is 6.33. The van der Waals surface area contributed by atoms with Crippen LogP contribution in [0.1, 0.15) is 25.1 Å². The largest absolute Gasteiger partial charge is 0.362 e. The lowest BCUT2D eigenvalue weighted by Gasteiger charge is -2.33. The molecule has 1 N–H and O–H groups in total. The Balaban J connectivity index is 1.95. The van der Waals surface area contributed by atoms with E-state index in [1.165, 1.54) is 11.3 Å². The molecule has 7 heteroatoms. The maximum Gasteiger partial charge on any atom is 0.242 e. The summed E-state index contributed by atoms with van der Waals surface area (Å²) in [5.74, 6) is 0.0410. The second-order valence-electron chi connectivity index (χ2n) is 4.73. The Morgan fingerprint density at radius 3 is 2.65 bits per heavy atom. The van der Waals surface area contributed by atoms with Crippen molar-refractivity contribution in [2.45, 2.75) is 26.8 Å². The van der Waals surface area contributed by atoms with Crippen molar-refractivity contribution in [3.8, 4) is 0 Å². The number of carbonyl (C=O) groups is 2. The third-order valence-corrected chi connectivity index (χ3v) is 4.02. The molecule has 0 unspecified atom stereocenters. The van der Waals surface area contributed by atoms with Gasteiger partial charge < -0.3 is 15.1 Å². The monoisotopic (exact) mass is 296 g/mol. The van der Waals surface area contributed by atoms with Gasteiger partial charge >= 0.3 is 0 Å². The van der Waals surface area contributed by atoms with Crippen molar-refractivity contribution >= 4 is 28.3 Å². The van der Waals surface area contributed by atoms with Crippen molar-refractivity contribution in [2.24, 2.45) is 0 Å². The molecule has 0 aliphatic carbocycles. The topological polar surface area (TPSA) is 65.5 Å². The number of hydrogen-bond acceptors (Lipinski definition) is 5. The molecular formula is C13H20N4O2S. The highest BCUT2D eigenvalue weighted by molar-refractivity contribution is 7.15. The zero-order valence-electron chi connectivity index (χ0n) is 11.9. The smallest absolute Gasteiger partial charge is 0.242 e. The predicted octanol–water partition coefficient (Wildman–Crippen LogP) is 1.16. The van der Waals surface area contributed by atoms with E-state index in [4.69, 9.17) is 0 Å². The van der Waals surface area contributed by atoms with Crippen molar-refractivity contribution in [1.82, 2.24) is 14.8 Å². The van der Waals surface area contributed by atoms with Crippen LogP contribution in [0.15, 0.2) is 6.20 Å². The van der Waals surface area contributed by atoms with Gasteiger partial charge in [-0.1, -0.05) is 6.92 Å². The van der Waals surface area contributed by atoms with Crippen LogP contribution in [0.2, 0.25) is 0 Å². The van der Waals surface area contributed by atoms with Crippen LogP contribution in [0.25, 0.3) is 0 Å². The van der Waals surface area contributed by atoms with Gasteiger partial charge in [0.15, 0.2) is 5.13 Å². The summed E-state index contributed by atoms with van der Waals surface area (Å²) in [5.41, 5.74) is 0. The normalized spacial score (nSPS) is 15.9.